The van der Waals surface area contributed by atoms with Gasteiger partial charge in [0.15, 0.2) is 5.78 Å². The molecule has 9 nitrogen and oxygen atoms in total. The first-order valence-corrected chi connectivity index (χ1v) is 13.8. The molecule has 40 heavy (non-hydrogen) atoms. The molecule has 1 aromatic heterocycles. The lowest BCUT2D eigenvalue weighted by Gasteiger charge is -2.40. The highest BCUT2D eigenvalue weighted by Crippen LogP contribution is 2.46. The number of halogens is 5. The van der Waals surface area contributed by atoms with Crippen LogP contribution in [0.1, 0.15) is 63.2 Å². The molecule has 0 radical (unpaired) electrons. The minimum absolute atomic E-state index is 0.0434. The number of aromatic nitrogens is 1. The third-order valence-corrected chi connectivity index (χ3v) is 9.16. The van der Waals surface area contributed by atoms with E-state index < -0.39 is 71.2 Å². The van der Waals surface area contributed by atoms with Crippen LogP contribution in [0.15, 0.2) is 23.7 Å². The first kappa shape index (κ1) is 30.5. The number of carbonyl (C=O) groups is 3. The summed E-state index contributed by atoms with van der Waals surface area (Å²) >= 11 is 12.3. The molecular formula is C26H32Cl2F3N5O4. The fourth-order valence-corrected chi connectivity index (χ4v) is 6.26. The molecule has 1 amide bonds. The first-order valence-electron chi connectivity index (χ1n) is 13.0. The summed E-state index contributed by atoms with van der Waals surface area (Å²) in [6.45, 7) is 4.28. The molecule has 4 N–H and O–H groups in total. The quantitative estimate of drug-likeness (QED) is 0.376. The second-order valence-corrected chi connectivity index (χ2v) is 12.3. The molecule has 2 fully saturated rings. The predicted molar refractivity (Wildman–Crippen MR) is 141 cm³/mol. The van der Waals surface area contributed by atoms with Crippen LogP contribution < -0.4 is 11.2 Å². The second kappa shape index (κ2) is 10.8. The van der Waals surface area contributed by atoms with E-state index in [1.54, 1.807) is 6.92 Å². The first-order chi connectivity index (χ1) is 18.5. The highest BCUT2D eigenvalue weighted by Gasteiger charge is 2.59. The smallest absolute Gasteiger partial charge is 0.432 e. The number of ketones is 1. The Morgan fingerprint density at radius 3 is 2.27 bits per heavy atom. The summed E-state index contributed by atoms with van der Waals surface area (Å²) < 4.78 is 43.5. The van der Waals surface area contributed by atoms with Crippen LogP contribution in [0.4, 0.5) is 13.2 Å². The maximum Gasteiger partial charge on any atom is 0.432 e. The Bertz CT molecular complexity index is 1230. The van der Waals surface area contributed by atoms with Gasteiger partial charge in [0.1, 0.15) is 5.70 Å². The molecular weight excluding hydrogens is 574 g/mol. The Balaban J connectivity index is 1.68. The van der Waals surface area contributed by atoms with Crippen molar-refractivity contribution >= 4 is 40.9 Å². The number of hydrogen-bond acceptors (Lipinski definition) is 7. The summed E-state index contributed by atoms with van der Waals surface area (Å²) in [6.07, 6.45) is -1.37. The van der Waals surface area contributed by atoms with E-state index in [0.717, 1.165) is 9.91 Å². The summed E-state index contributed by atoms with van der Waals surface area (Å²) in [7, 11) is 0. The van der Waals surface area contributed by atoms with Crippen molar-refractivity contribution in [3.8, 4) is 0 Å². The van der Waals surface area contributed by atoms with Crippen molar-refractivity contribution in [1.82, 2.24) is 20.3 Å². The molecule has 0 aromatic carbocycles. The van der Waals surface area contributed by atoms with E-state index in [0.29, 0.717) is 6.42 Å². The number of Topliss-reactive ketones (excluding diaryl/α,β-unsaturated/α-hetero) is 1. The van der Waals surface area contributed by atoms with Crippen molar-refractivity contribution in [3.63, 3.8) is 0 Å². The maximum atomic E-state index is 14.5. The lowest BCUT2D eigenvalue weighted by Crippen LogP contribution is -2.48. The van der Waals surface area contributed by atoms with Crippen molar-refractivity contribution in [2.24, 2.45) is 17.1 Å². The van der Waals surface area contributed by atoms with Gasteiger partial charge >= 0.3 is 12.1 Å². The Hall–Kier alpha value is -2.41. The van der Waals surface area contributed by atoms with Gasteiger partial charge in [0.2, 0.25) is 0 Å². The molecule has 2 atom stereocenters. The number of nitrogens with two attached hydrogens (primary N) is 1. The summed E-state index contributed by atoms with van der Waals surface area (Å²) in [5.41, 5.74) is 5.55. The molecule has 220 valence electrons. The zero-order valence-corrected chi connectivity index (χ0v) is 23.8. The van der Waals surface area contributed by atoms with E-state index in [1.807, 2.05) is 13.8 Å². The minimum Gasteiger partial charge on any atom is -0.481 e. The number of carboxylic acids is 1. The maximum absolute atomic E-state index is 14.5. The molecule has 0 spiro atoms. The fraction of sp³-hybridized carbons (Fsp3) is 0.615. The van der Waals surface area contributed by atoms with Crippen LogP contribution in [0.5, 0.6) is 0 Å². The number of pyridine rings is 1. The van der Waals surface area contributed by atoms with Crippen LogP contribution in [0.2, 0.25) is 10.0 Å². The summed E-state index contributed by atoms with van der Waals surface area (Å²) in [5, 5.41) is 10.4. The SMILES string of the molecule is CC(C)[C@]1(N)C[C@@H]1N(CC(=O)c1c(Cl)cncc1Cl)C(=O)C1=C(C(F)(F)F)N(C2CCC(C)(C(=O)O)CC2)NC1. The Labute approximate surface area is 239 Å². The van der Waals surface area contributed by atoms with Crippen molar-refractivity contribution in [2.45, 2.75) is 76.7 Å². The van der Waals surface area contributed by atoms with Crippen LogP contribution in [-0.4, -0.2) is 74.5 Å². The number of carboxylic acid groups (broad SMARTS) is 1. The molecule has 0 bridgehead atoms. The zero-order valence-electron chi connectivity index (χ0n) is 22.3. The number of alkyl halides is 3. The van der Waals surface area contributed by atoms with Gasteiger partial charge in [-0.25, -0.2) is 5.43 Å². The Kier molecular flexibility index (Phi) is 8.23. The third-order valence-electron chi connectivity index (χ3n) is 8.59. The molecule has 1 aliphatic heterocycles. The van der Waals surface area contributed by atoms with Gasteiger partial charge in [-0.1, -0.05) is 37.0 Å². The number of aliphatic carboxylic acids is 1. The fourth-order valence-electron chi connectivity index (χ4n) is 5.69. The molecule has 4 rings (SSSR count). The number of carbonyl (C=O) groups excluding carboxylic acids is 2. The zero-order chi connectivity index (χ0) is 29.8. The topological polar surface area (TPSA) is 129 Å². The van der Waals surface area contributed by atoms with E-state index in [4.69, 9.17) is 28.9 Å². The van der Waals surface area contributed by atoms with Gasteiger partial charge < -0.3 is 20.7 Å². The molecule has 2 aliphatic carbocycles. The number of nitrogens with one attached hydrogen (secondary N) is 1. The van der Waals surface area contributed by atoms with Gasteiger partial charge in [-0.3, -0.25) is 19.4 Å². The van der Waals surface area contributed by atoms with Gasteiger partial charge in [-0.15, -0.1) is 0 Å². The molecule has 3 aliphatic rings. The normalized spacial score (nSPS) is 28.7. The number of hydrogen-bond donors (Lipinski definition) is 3. The highest BCUT2D eigenvalue weighted by molar-refractivity contribution is 6.39. The van der Waals surface area contributed by atoms with Crippen molar-refractivity contribution in [3.05, 3.63) is 39.3 Å². The number of hydrazine groups is 1. The number of nitrogens with zero attached hydrogens (tertiary/aromatic N) is 3. The molecule has 2 saturated carbocycles. The highest BCUT2D eigenvalue weighted by atomic mass is 35.5. The van der Waals surface area contributed by atoms with E-state index >= 15 is 0 Å². The molecule has 1 aromatic rings. The van der Waals surface area contributed by atoms with Crippen LogP contribution >= 0.6 is 23.2 Å². The Morgan fingerprint density at radius 1 is 1.23 bits per heavy atom. The van der Waals surface area contributed by atoms with Gasteiger partial charge in [0.05, 0.1) is 39.2 Å². The molecule has 14 heteroatoms. The molecule has 0 saturated heterocycles. The predicted octanol–water partition coefficient (Wildman–Crippen LogP) is 4.20. The van der Waals surface area contributed by atoms with E-state index in [-0.39, 0.29) is 47.2 Å². The van der Waals surface area contributed by atoms with Crippen LogP contribution in [-0.2, 0) is 9.59 Å². The summed E-state index contributed by atoms with van der Waals surface area (Å²) in [6, 6.07) is -1.34. The van der Waals surface area contributed by atoms with Crippen molar-refractivity contribution in [1.29, 1.82) is 0 Å². The van der Waals surface area contributed by atoms with Crippen LogP contribution in [0, 0.1) is 11.3 Å². The van der Waals surface area contributed by atoms with Crippen molar-refractivity contribution < 1.29 is 32.7 Å². The summed E-state index contributed by atoms with van der Waals surface area (Å²) in [5.74, 6) is -2.71. The monoisotopic (exact) mass is 605 g/mol. The van der Waals surface area contributed by atoms with E-state index in [9.17, 15) is 32.7 Å². The average Bonchev–Trinajstić information content (AvgIpc) is 3.34. The number of rotatable bonds is 8. The second-order valence-electron chi connectivity index (χ2n) is 11.4. The number of allylic oxidation sites excluding steroid dienone is 1. The third kappa shape index (κ3) is 5.55. The molecule has 2 heterocycles. The van der Waals surface area contributed by atoms with E-state index in [2.05, 4.69) is 10.4 Å². The van der Waals surface area contributed by atoms with Gasteiger partial charge in [-0.2, -0.15) is 13.2 Å². The summed E-state index contributed by atoms with van der Waals surface area (Å²) in [4.78, 5) is 43.7. The van der Waals surface area contributed by atoms with Crippen molar-refractivity contribution in [2.75, 3.05) is 13.1 Å². The molecule has 0 unspecified atom stereocenters. The van der Waals surface area contributed by atoms with Crippen LogP contribution in [0.3, 0.4) is 0 Å². The Morgan fingerprint density at radius 2 is 1.80 bits per heavy atom. The minimum atomic E-state index is -4.89. The standard InChI is InChI=1S/C26H32Cl2F3N5O4/c1-13(2)25(32)8-19(25)35(12-18(37)20-16(27)10-33-11-17(20)28)22(38)15-9-34-36(21(15)26(29,30)31)14-4-6-24(3,7-5-14)23(39)40/h10-11,13-14,19,34H,4-9,12,32H2,1-3H3,(H,39,40)/t14?,19-,24?,25+/m0/s1. The lowest BCUT2D eigenvalue weighted by molar-refractivity contribution is -0.151. The largest absolute Gasteiger partial charge is 0.481 e. The average molecular weight is 606 g/mol. The van der Waals surface area contributed by atoms with Crippen LogP contribution in [0.25, 0.3) is 0 Å². The van der Waals surface area contributed by atoms with Gasteiger partial charge in [0, 0.05) is 30.5 Å². The number of amides is 1. The van der Waals surface area contributed by atoms with Gasteiger partial charge in [0.25, 0.3) is 5.91 Å². The van der Waals surface area contributed by atoms with Gasteiger partial charge in [-0.05, 0) is 44.9 Å². The lowest BCUT2D eigenvalue weighted by atomic mass is 9.74. The van der Waals surface area contributed by atoms with E-state index in [1.165, 1.54) is 12.4 Å².